The van der Waals surface area contributed by atoms with E-state index in [0.717, 1.165) is 11.4 Å². The lowest BCUT2D eigenvalue weighted by Gasteiger charge is -2.07. The van der Waals surface area contributed by atoms with Crippen LogP contribution in [0.1, 0.15) is 30.1 Å². The first-order valence-electron chi connectivity index (χ1n) is 9.36. The standard InChI is InChI=1S/C21H18N4O3S/c26-21-19-9-8-18(29(27,28)17-4-2-1-3-5-17)10-15(19)12-22-25(21)13-16-11-20(24-23-16)14-6-7-14/h1-5,8-12,14H,6-7,13H2,(H,23,24). The fraction of sp³-hybridized carbons (Fsp3) is 0.190. The molecule has 0 spiro atoms. The van der Waals surface area contributed by atoms with Gasteiger partial charge in [0, 0.05) is 17.0 Å². The van der Waals surface area contributed by atoms with Crippen LogP contribution in [-0.2, 0) is 16.4 Å². The summed E-state index contributed by atoms with van der Waals surface area (Å²) in [6, 6.07) is 14.7. The Hall–Kier alpha value is -3.26. The first-order valence-corrected chi connectivity index (χ1v) is 10.8. The predicted octanol–water partition coefficient (Wildman–Crippen LogP) is 2.88. The molecule has 0 aliphatic heterocycles. The molecule has 1 aliphatic rings. The van der Waals surface area contributed by atoms with Gasteiger partial charge < -0.3 is 0 Å². The Morgan fingerprint density at radius 2 is 1.83 bits per heavy atom. The van der Waals surface area contributed by atoms with E-state index in [-0.39, 0.29) is 21.9 Å². The van der Waals surface area contributed by atoms with Crippen LogP contribution < -0.4 is 5.56 Å². The zero-order valence-corrected chi connectivity index (χ0v) is 16.3. The van der Waals surface area contributed by atoms with Crippen LogP contribution in [0.5, 0.6) is 0 Å². The molecule has 2 heterocycles. The van der Waals surface area contributed by atoms with Gasteiger partial charge in [-0.05, 0) is 49.2 Å². The number of rotatable bonds is 5. The second-order valence-electron chi connectivity index (χ2n) is 7.26. The molecule has 2 aromatic carbocycles. The van der Waals surface area contributed by atoms with Crippen molar-refractivity contribution >= 4 is 20.6 Å². The third-order valence-electron chi connectivity index (χ3n) is 5.17. The lowest BCUT2D eigenvalue weighted by molar-refractivity contribution is 0.596. The van der Waals surface area contributed by atoms with E-state index < -0.39 is 9.84 Å². The molecular formula is C21H18N4O3S. The van der Waals surface area contributed by atoms with Crippen molar-refractivity contribution in [3.8, 4) is 0 Å². The van der Waals surface area contributed by atoms with Crippen molar-refractivity contribution in [3.05, 3.63) is 82.5 Å². The fourth-order valence-electron chi connectivity index (χ4n) is 3.40. The van der Waals surface area contributed by atoms with Crippen molar-refractivity contribution in [2.75, 3.05) is 0 Å². The van der Waals surface area contributed by atoms with E-state index in [0.29, 0.717) is 16.7 Å². The molecule has 1 fully saturated rings. The van der Waals surface area contributed by atoms with Crippen molar-refractivity contribution in [1.82, 2.24) is 20.0 Å². The van der Waals surface area contributed by atoms with Gasteiger partial charge in [-0.25, -0.2) is 13.1 Å². The van der Waals surface area contributed by atoms with E-state index in [1.807, 2.05) is 6.07 Å². The minimum atomic E-state index is -3.65. The Kier molecular flexibility index (Phi) is 4.09. The highest BCUT2D eigenvalue weighted by Crippen LogP contribution is 2.39. The average Bonchev–Trinajstić information content (AvgIpc) is 3.49. The number of benzene rings is 2. The van der Waals surface area contributed by atoms with Gasteiger partial charge in [-0.15, -0.1) is 0 Å². The molecule has 1 aliphatic carbocycles. The Morgan fingerprint density at radius 1 is 1.03 bits per heavy atom. The Labute approximate surface area is 166 Å². The number of aromatic nitrogens is 4. The topological polar surface area (TPSA) is 97.7 Å². The SMILES string of the molecule is O=c1c2ccc(S(=O)(=O)c3ccccc3)cc2cnn1Cc1cc(C2CC2)[nH]n1. The predicted molar refractivity (Wildman–Crippen MR) is 108 cm³/mol. The van der Waals surface area contributed by atoms with Crippen LogP contribution in [0.3, 0.4) is 0 Å². The summed E-state index contributed by atoms with van der Waals surface area (Å²) in [5.74, 6) is 0.558. The number of nitrogens with zero attached hydrogens (tertiary/aromatic N) is 3. The van der Waals surface area contributed by atoms with E-state index >= 15 is 0 Å². The number of hydrogen-bond donors (Lipinski definition) is 1. The Balaban J connectivity index is 1.50. The van der Waals surface area contributed by atoms with Crippen LogP contribution in [-0.4, -0.2) is 28.4 Å². The van der Waals surface area contributed by atoms with E-state index in [2.05, 4.69) is 15.3 Å². The number of H-pyrrole nitrogens is 1. The molecule has 8 heteroatoms. The van der Waals surface area contributed by atoms with Crippen LogP contribution in [0.25, 0.3) is 10.8 Å². The van der Waals surface area contributed by atoms with Gasteiger partial charge in [0.15, 0.2) is 0 Å². The maximum atomic E-state index is 12.8. The maximum absolute atomic E-state index is 12.8. The van der Waals surface area contributed by atoms with Gasteiger partial charge in [0.25, 0.3) is 5.56 Å². The number of fused-ring (bicyclic) bond motifs is 1. The summed E-state index contributed by atoms with van der Waals surface area (Å²) in [4.78, 5) is 13.2. The van der Waals surface area contributed by atoms with E-state index in [1.54, 1.807) is 36.4 Å². The lowest BCUT2D eigenvalue weighted by Crippen LogP contribution is -2.23. The van der Waals surface area contributed by atoms with Gasteiger partial charge in [-0.2, -0.15) is 10.2 Å². The molecule has 1 N–H and O–H groups in total. The molecule has 29 heavy (non-hydrogen) atoms. The molecule has 0 radical (unpaired) electrons. The van der Waals surface area contributed by atoms with Gasteiger partial charge in [-0.1, -0.05) is 18.2 Å². The number of hydrogen-bond acceptors (Lipinski definition) is 5. The monoisotopic (exact) mass is 406 g/mol. The third-order valence-corrected chi connectivity index (χ3v) is 6.93. The van der Waals surface area contributed by atoms with Crippen molar-refractivity contribution < 1.29 is 8.42 Å². The molecule has 2 aromatic heterocycles. The Morgan fingerprint density at radius 3 is 2.59 bits per heavy atom. The van der Waals surface area contributed by atoms with E-state index in [4.69, 9.17) is 0 Å². The highest BCUT2D eigenvalue weighted by molar-refractivity contribution is 7.91. The van der Waals surface area contributed by atoms with Gasteiger partial charge in [0.2, 0.25) is 9.84 Å². The van der Waals surface area contributed by atoms with Crippen molar-refractivity contribution in [3.63, 3.8) is 0 Å². The van der Waals surface area contributed by atoms with Crippen LogP contribution in [0.15, 0.2) is 75.4 Å². The molecule has 0 saturated heterocycles. The van der Waals surface area contributed by atoms with Crippen molar-refractivity contribution in [2.24, 2.45) is 0 Å². The first-order chi connectivity index (χ1) is 14.0. The second kappa shape index (κ2) is 6.66. The fourth-order valence-corrected chi connectivity index (χ4v) is 4.72. The van der Waals surface area contributed by atoms with Crippen molar-refractivity contribution in [2.45, 2.75) is 35.1 Å². The molecule has 0 unspecified atom stereocenters. The summed E-state index contributed by atoms with van der Waals surface area (Å²) in [5.41, 5.74) is 1.58. The van der Waals surface area contributed by atoms with Crippen LogP contribution >= 0.6 is 0 Å². The molecule has 0 atom stereocenters. The highest BCUT2D eigenvalue weighted by atomic mass is 32.2. The third kappa shape index (κ3) is 3.25. The van der Waals surface area contributed by atoms with E-state index in [1.165, 1.54) is 35.9 Å². The average molecular weight is 406 g/mol. The molecule has 1 saturated carbocycles. The lowest BCUT2D eigenvalue weighted by atomic mass is 10.2. The molecule has 146 valence electrons. The van der Waals surface area contributed by atoms with Crippen LogP contribution in [0, 0.1) is 0 Å². The summed E-state index contributed by atoms with van der Waals surface area (Å²) >= 11 is 0. The summed E-state index contributed by atoms with van der Waals surface area (Å²) in [6.45, 7) is 0.266. The molecule has 4 aromatic rings. The highest BCUT2D eigenvalue weighted by Gasteiger charge is 2.25. The smallest absolute Gasteiger partial charge is 0.274 e. The molecule has 0 amide bonds. The molecule has 5 rings (SSSR count). The normalized spacial score (nSPS) is 14.3. The zero-order valence-electron chi connectivity index (χ0n) is 15.4. The number of sulfone groups is 1. The number of aromatic amines is 1. The minimum Gasteiger partial charge on any atom is -0.282 e. The summed E-state index contributed by atoms with van der Waals surface area (Å²) in [6.07, 6.45) is 3.86. The first kappa shape index (κ1) is 17.8. The van der Waals surface area contributed by atoms with Gasteiger partial charge >= 0.3 is 0 Å². The quantitative estimate of drug-likeness (QED) is 0.550. The molecule has 7 nitrogen and oxygen atoms in total. The maximum Gasteiger partial charge on any atom is 0.274 e. The summed E-state index contributed by atoms with van der Waals surface area (Å²) in [7, 11) is -3.65. The second-order valence-corrected chi connectivity index (χ2v) is 9.21. The van der Waals surface area contributed by atoms with Crippen LogP contribution in [0.4, 0.5) is 0 Å². The summed E-state index contributed by atoms with van der Waals surface area (Å²) < 4.78 is 27.0. The van der Waals surface area contributed by atoms with Crippen molar-refractivity contribution in [1.29, 1.82) is 0 Å². The zero-order chi connectivity index (χ0) is 20.0. The van der Waals surface area contributed by atoms with Gasteiger partial charge in [-0.3, -0.25) is 9.89 Å². The molecule has 0 bridgehead atoms. The number of nitrogens with one attached hydrogen (secondary N) is 1. The van der Waals surface area contributed by atoms with Gasteiger partial charge in [0.1, 0.15) is 0 Å². The van der Waals surface area contributed by atoms with E-state index in [9.17, 15) is 13.2 Å². The summed E-state index contributed by atoms with van der Waals surface area (Å²) in [5, 5.41) is 12.4. The minimum absolute atomic E-state index is 0.136. The Bertz CT molecular complexity index is 1370. The largest absolute Gasteiger partial charge is 0.282 e. The molecular weight excluding hydrogens is 388 g/mol. The van der Waals surface area contributed by atoms with Crippen LogP contribution in [0.2, 0.25) is 0 Å². The van der Waals surface area contributed by atoms with Gasteiger partial charge in [0.05, 0.1) is 33.6 Å².